The van der Waals surface area contributed by atoms with E-state index in [1.165, 1.54) is 54.4 Å². The number of hydrogen-bond acceptors (Lipinski definition) is 4. The van der Waals surface area contributed by atoms with Crippen molar-refractivity contribution in [1.29, 1.82) is 0 Å². The highest BCUT2D eigenvalue weighted by atomic mass is 19.1. The lowest BCUT2D eigenvalue weighted by Gasteiger charge is -2.32. The molecule has 0 saturated heterocycles. The average molecular weight is 554 g/mol. The molecule has 40 heavy (non-hydrogen) atoms. The minimum Gasteiger partial charge on any atom is -0.490 e. The Bertz CT molecular complexity index is 1170. The number of ether oxygens (including phenoxy) is 1. The standard InChI is InChI=1S/C24H28FNO2.C7H14.C4H10O/c1-14-17-7-9-26(4)13-21(17)16(3)23(18(14)8-10-27)20-12-22(25)24-19(15(20)2)6-5-11-28-24;1-7-5-3-2-4-6-7;1-4(2,3)5/h10,12H,5-9,11,13H2,1-4H3;7H,2-6H2,1H3;5H,1-3H3. The van der Waals surface area contributed by atoms with E-state index in [0.29, 0.717) is 18.8 Å². The third kappa shape index (κ3) is 8.16. The van der Waals surface area contributed by atoms with Crippen molar-refractivity contribution in [2.24, 2.45) is 5.92 Å². The molecule has 1 N–H and O–H groups in total. The number of aldehydes is 1. The summed E-state index contributed by atoms with van der Waals surface area (Å²) in [6.07, 6.45) is 11.5. The van der Waals surface area contributed by atoms with Gasteiger partial charge >= 0.3 is 0 Å². The summed E-state index contributed by atoms with van der Waals surface area (Å²) in [6.45, 7) is 16.4. The van der Waals surface area contributed by atoms with E-state index in [9.17, 15) is 9.18 Å². The quantitative estimate of drug-likeness (QED) is 0.394. The van der Waals surface area contributed by atoms with Crippen molar-refractivity contribution < 1.29 is 19.0 Å². The average Bonchev–Trinajstić information content (AvgIpc) is 2.90. The second-order valence-corrected chi connectivity index (χ2v) is 13.1. The van der Waals surface area contributed by atoms with Gasteiger partial charge in [0.25, 0.3) is 0 Å². The van der Waals surface area contributed by atoms with Crippen molar-refractivity contribution in [1.82, 2.24) is 4.90 Å². The van der Waals surface area contributed by atoms with E-state index in [2.05, 4.69) is 39.6 Å². The Labute approximate surface area is 242 Å². The molecule has 1 aliphatic carbocycles. The minimum absolute atomic E-state index is 0.292. The van der Waals surface area contributed by atoms with Crippen LogP contribution in [0.4, 0.5) is 4.39 Å². The minimum atomic E-state index is -0.500. The van der Waals surface area contributed by atoms with Crippen molar-refractivity contribution in [3.05, 3.63) is 50.8 Å². The molecule has 5 heteroatoms. The largest absolute Gasteiger partial charge is 0.490 e. The number of benzene rings is 2. The van der Waals surface area contributed by atoms with Gasteiger partial charge in [0.2, 0.25) is 0 Å². The summed E-state index contributed by atoms with van der Waals surface area (Å²) < 4.78 is 20.6. The zero-order valence-electron chi connectivity index (χ0n) is 26.3. The van der Waals surface area contributed by atoms with Gasteiger partial charge in [-0.15, -0.1) is 0 Å². The van der Waals surface area contributed by atoms with Crippen LogP contribution < -0.4 is 4.74 Å². The van der Waals surface area contributed by atoms with Crippen LogP contribution in [0.15, 0.2) is 6.07 Å². The molecule has 0 unspecified atom stereocenters. The van der Waals surface area contributed by atoms with Gasteiger partial charge in [-0.1, -0.05) is 39.0 Å². The second-order valence-electron chi connectivity index (χ2n) is 13.1. The van der Waals surface area contributed by atoms with Gasteiger partial charge in [0, 0.05) is 25.1 Å². The number of rotatable bonds is 3. The van der Waals surface area contributed by atoms with Crippen LogP contribution in [0.3, 0.4) is 0 Å². The molecule has 2 aromatic carbocycles. The first-order valence-corrected chi connectivity index (χ1v) is 15.3. The summed E-state index contributed by atoms with van der Waals surface area (Å²) in [5, 5.41) is 8.52. The lowest BCUT2D eigenvalue weighted by molar-refractivity contribution is -0.107. The first-order chi connectivity index (χ1) is 18.8. The van der Waals surface area contributed by atoms with E-state index in [1.807, 2.05) is 0 Å². The first kappa shape index (κ1) is 32.3. The molecule has 5 rings (SSSR count). The Morgan fingerprint density at radius 1 is 1.00 bits per heavy atom. The summed E-state index contributed by atoms with van der Waals surface area (Å²) in [7, 11) is 2.14. The highest BCUT2D eigenvalue weighted by Gasteiger charge is 2.27. The number of aliphatic hydroxyl groups is 1. The molecule has 3 aliphatic rings. The molecule has 0 radical (unpaired) electrons. The zero-order valence-corrected chi connectivity index (χ0v) is 26.3. The molecule has 0 atom stereocenters. The molecule has 1 saturated carbocycles. The Hall–Kier alpha value is -2.24. The van der Waals surface area contributed by atoms with Crippen molar-refractivity contribution in [2.75, 3.05) is 20.2 Å². The molecule has 0 amide bonds. The predicted molar refractivity (Wildman–Crippen MR) is 164 cm³/mol. The van der Waals surface area contributed by atoms with Gasteiger partial charge in [0.15, 0.2) is 11.6 Å². The van der Waals surface area contributed by atoms with Crippen molar-refractivity contribution in [3.8, 4) is 16.9 Å². The highest BCUT2D eigenvalue weighted by molar-refractivity contribution is 5.81. The third-order valence-corrected chi connectivity index (χ3v) is 8.46. The predicted octanol–water partition coefficient (Wildman–Crippen LogP) is 7.84. The molecular weight excluding hydrogens is 501 g/mol. The SMILES string of the molecule is CC(C)(C)O.CC1CCCCC1.Cc1c(-c2c(C)c3c(c(C)c2CC=O)CCN(C)C3)cc(F)c2c1CCCO2. The number of nitrogens with zero attached hydrogens (tertiary/aromatic N) is 1. The van der Waals surface area contributed by atoms with Gasteiger partial charge < -0.3 is 19.5 Å². The van der Waals surface area contributed by atoms with Crippen molar-refractivity contribution >= 4 is 6.29 Å². The molecule has 0 spiro atoms. The van der Waals surface area contributed by atoms with Crippen LogP contribution in [0.2, 0.25) is 0 Å². The van der Waals surface area contributed by atoms with Crippen LogP contribution in [0.5, 0.6) is 5.75 Å². The smallest absolute Gasteiger partial charge is 0.165 e. The van der Waals surface area contributed by atoms with E-state index in [4.69, 9.17) is 9.84 Å². The lowest BCUT2D eigenvalue weighted by Crippen LogP contribution is -2.28. The summed E-state index contributed by atoms with van der Waals surface area (Å²) in [5.41, 5.74) is 9.65. The van der Waals surface area contributed by atoms with Crippen LogP contribution in [-0.4, -0.2) is 42.1 Å². The van der Waals surface area contributed by atoms with Gasteiger partial charge in [-0.25, -0.2) is 4.39 Å². The maximum absolute atomic E-state index is 14.9. The van der Waals surface area contributed by atoms with Crippen LogP contribution in [-0.2, 0) is 30.6 Å². The topological polar surface area (TPSA) is 49.8 Å². The molecule has 2 heterocycles. The number of hydrogen-bond donors (Lipinski definition) is 1. The first-order valence-electron chi connectivity index (χ1n) is 15.3. The summed E-state index contributed by atoms with van der Waals surface area (Å²) in [5.74, 6) is 1.16. The Balaban J connectivity index is 0.000000306. The summed E-state index contributed by atoms with van der Waals surface area (Å²) >= 11 is 0. The third-order valence-electron chi connectivity index (χ3n) is 8.46. The van der Waals surface area contributed by atoms with Crippen molar-refractivity contribution in [2.45, 2.75) is 118 Å². The zero-order chi connectivity index (χ0) is 29.6. The fraction of sp³-hybridized carbons (Fsp3) is 0.629. The molecule has 222 valence electrons. The Morgan fingerprint density at radius 2 is 1.65 bits per heavy atom. The lowest BCUT2D eigenvalue weighted by atomic mass is 9.79. The van der Waals surface area contributed by atoms with Crippen LogP contribution in [0.25, 0.3) is 11.1 Å². The Kier molecular flexibility index (Phi) is 11.4. The summed E-state index contributed by atoms with van der Waals surface area (Å²) in [6, 6.07) is 1.62. The Morgan fingerprint density at radius 3 is 2.23 bits per heavy atom. The monoisotopic (exact) mass is 553 g/mol. The molecule has 0 aromatic heterocycles. The van der Waals surface area contributed by atoms with Crippen molar-refractivity contribution in [3.63, 3.8) is 0 Å². The van der Waals surface area contributed by atoms with Gasteiger partial charge in [-0.2, -0.15) is 0 Å². The number of halogens is 1. The fourth-order valence-electron chi connectivity index (χ4n) is 6.33. The molecule has 2 aromatic rings. The normalized spacial score (nSPS) is 17.4. The second kappa shape index (κ2) is 14.1. The molecule has 4 nitrogen and oxygen atoms in total. The molecule has 0 bridgehead atoms. The number of fused-ring (bicyclic) bond motifs is 2. The van der Waals surface area contributed by atoms with Gasteiger partial charge in [0.1, 0.15) is 6.29 Å². The van der Waals surface area contributed by atoms with E-state index >= 15 is 0 Å². The number of carbonyl (C=O) groups is 1. The number of likely N-dealkylation sites (N-methyl/N-ethyl adjacent to an activating group) is 1. The van der Waals surface area contributed by atoms with E-state index < -0.39 is 5.60 Å². The van der Waals surface area contributed by atoms with Gasteiger partial charge in [0.05, 0.1) is 12.2 Å². The molecular formula is C35H52FNO3. The van der Waals surface area contributed by atoms with Gasteiger partial charge in [-0.05, 0) is 124 Å². The van der Waals surface area contributed by atoms with E-state index in [-0.39, 0.29) is 5.82 Å². The fourth-order valence-corrected chi connectivity index (χ4v) is 6.33. The highest BCUT2D eigenvalue weighted by Crippen LogP contribution is 2.43. The maximum Gasteiger partial charge on any atom is 0.165 e. The maximum atomic E-state index is 14.9. The number of carbonyl (C=O) groups excluding carboxylic acids is 1. The molecule has 2 aliphatic heterocycles. The summed E-state index contributed by atoms with van der Waals surface area (Å²) in [4.78, 5) is 13.8. The van der Waals surface area contributed by atoms with Gasteiger partial charge in [-0.3, -0.25) is 0 Å². The van der Waals surface area contributed by atoms with Crippen LogP contribution >= 0.6 is 0 Å². The van der Waals surface area contributed by atoms with Crippen LogP contribution in [0, 0.1) is 32.5 Å². The van der Waals surface area contributed by atoms with E-state index in [1.54, 1.807) is 26.8 Å². The van der Waals surface area contributed by atoms with E-state index in [0.717, 1.165) is 72.4 Å². The van der Waals surface area contributed by atoms with Crippen LogP contribution in [0.1, 0.15) is 105 Å². The molecule has 1 fully saturated rings.